The molecule has 0 unspecified atom stereocenters. The van der Waals surface area contributed by atoms with E-state index < -0.39 is 6.10 Å². The molecule has 0 aliphatic carbocycles. The van der Waals surface area contributed by atoms with Crippen LogP contribution < -0.4 is 20.1 Å². The first-order valence-electron chi connectivity index (χ1n) is 10.9. The number of benzene rings is 2. The van der Waals surface area contributed by atoms with Gasteiger partial charge in [-0.15, -0.1) is 0 Å². The number of hydrogen-bond acceptors (Lipinski definition) is 6. The van der Waals surface area contributed by atoms with Crippen LogP contribution >= 0.6 is 0 Å². The molecule has 2 heterocycles. The third-order valence-corrected chi connectivity index (χ3v) is 6.01. The Hall–Kier alpha value is -3.30. The third-order valence-electron chi connectivity index (χ3n) is 6.01. The van der Waals surface area contributed by atoms with Crippen molar-refractivity contribution in [3.05, 3.63) is 48.0 Å². The maximum Gasteiger partial charge on any atom is 0.323 e. The van der Waals surface area contributed by atoms with Crippen LogP contribution in [0.5, 0.6) is 11.5 Å². The van der Waals surface area contributed by atoms with Crippen LogP contribution in [-0.4, -0.2) is 68.1 Å². The van der Waals surface area contributed by atoms with Crippen molar-refractivity contribution in [2.45, 2.75) is 37.1 Å². The molecule has 2 aromatic carbocycles. The number of urea groups is 1. The van der Waals surface area contributed by atoms with Crippen LogP contribution in [0.2, 0.25) is 0 Å². The van der Waals surface area contributed by atoms with Crippen LogP contribution in [-0.2, 0) is 9.53 Å². The van der Waals surface area contributed by atoms with Gasteiger partial charge in [-0.25, -0.2) is 4.79 Å². The number of fused-ring (bicyclic) bond motifs is 3. The molecule has 4 rings (SSSR count). The van der Waals surface area contributed by atoms with Crippen LogP contribution in [0.1, 0.15) is 24.3 Å². The highest BCUT2D eigenvalue weighted by Crippen LogP contribution is 2.47. The lowest BCUT2D eigenvalue weighted by Crippen LogP contribution is -2.47. The largest absolute Gasteiger partial charge is 0.497 e. The number of amides is 3. The highest BCUT2D eigenvalue weighted by atomic mass is 16.6. The van der Waals surface area contributed by atoms with Crippen molar-refractivity contribution in [3.63, 3.8) is 0 Å². The van der Waals surface area contributed by atoms with Crippen molar-refractivity contribution in [3.8, 4) is 11.5 Å². The Kier molecular flexibility index (Phi) is 6.71. The van der Waals surface area contributed by atoms with Crippen molar-refractivity contribution in [2.75, 3.05) is 38.4 Å². The Morgan fingerprint density at radius 2 is 1.82 bits per heavy atom. The van der Waals surface area contributed by atoms with E-state index in [-0.39, 0.29) is 43.1 Å². The summed E-state index contributed by atoms with van der Waals surface area (Å²) < 4.78 is 17.2. The molecule has 0 saturated carbocycles. The summed E-state index contributed by atoms with van der Waals surface area (Å²) in [5, 5.41) is 15.5. The standard InChI is InChI=1S/C24H29N3O6/c1-27(2)22(29)12-17-11-19-18-10-15(6-9-20(18)33-23(19)21(13-28)32-17)26-24(30)25-14-4-7-16(31-3)8-5-14/h4-10,17,19,21,23,28H,11-13H2,1-3H3,(H2,25,26,30)/t17-,19+,21+,23-/m1/s1. The minimum absolute atomic E-state index is 0.0279. The Bertz CT molecular complexity index is 1010. The first-order chi connectivity index (χ1) is 15.9. The Morgan fingerprint density at radius 1 is 1.12 bits per heavy atom. The molecule has 9 heteroatoms. The van der Waals surface area contributed by atoms with Gasteiger partial charge in [0.15, 0.2) is 0 Å². The number of ether oxygens (including phenoxy) is 3. The fourth-order valence-corrected chi connectivity index (χ4v) is 4.31. The van der Waals surface area contributed by atoms with Gasteiger partial charge in [-0.1, -0.05) is 0 Å². The van der Waals surface area contributed by atoms with Crippen molar-refractivity contribution in [2.24, 2.45) is 0 Å². The molecule has 0 bridgehead atoms. The van der Waals surface area contributed by atoms with E-state index in [1.807, 2.05) is 12.1 Å². The van der Waals surface area contributed by atoms with Crippen molar-refractivity contribution in [1.82, 2.24) is 4.90 Å². The van der Waals surface area contributed by atoms with E-state index in [9.17, 15) is 14.7 Å². The van der Waals surface area contributed by atoms with Gasteiger partial charge in [0.2, 0.25) is 5.91 Å². The fourth-order valence-electron chi connectivity index (χ4n) is 4.31. The second-order valence-electron chi connectivity index (χ2n) is 8.46. The third kappa shape index (κ3) is 5.04. The van der Waals surface area contributed by atoms with E-state index in [1.165, 1.54) is 4.90 Å². The average molecular weight is 456 g/mol. The molecule has 3 amide bonds. The number of methoxy groups -OCH3 is 1. The minimum Gasteiger partial charge on any atom is -0.497 e. The van der Waals surface area contributed by atoms with Gasteiger partial charge in [-0.2, -0.15) is 0 Å². The SMILES string of the molecule is COc1ccc(NC(=O)Nc2ccc3c(c2)[C@@H]2C[C@H](CC(=O)N(C)C)O[C@@H](CO)[C@@H]2O3)cc1. The normalized spacial score (nSPS) is 23.0. The number of anilines is 2. The first-order valence-corrected chi connectivity index (χ1v) is 10.9. The van der Waals surface area contributed by atoms with Crippen LogP contribution in [0.15, 0.2) is 42.5 Å². The Balaban J connectivity index is 1.46. The highest BCUT2D eigenvalue weighted by Gasteiger charge is 2.46. The number of nitrogens with one attached hydrogen (secondary N) is 2. The molecule has 1 saturated heterocycles. The van der Waals surface area contributed by atoms with Gasteiger partial charge in [0, 0.05) is 37.0 Å². The number of aliphatic hydroxyl groups is 1. The molecule has 9 nitrogen and oxygen atoms in total. The maximum atomic E-state index is 12.5. The molecular weight excluding hydrogens is 426 g/mol. The number of carbonyl (C=O) groups is 2. The quantitative estimate of drug-likeness (QED) is 0.618. The Morgan fingerprint density at radius 3 is 2.48 bits per heavy atom. The zero-order chi connectivity index (χ0) is 23.5. The van der Waals surface area contributed by atoms with E-state index in [1.54, 1.807) is 51.5 Å². The average Bonchev–Trinajstić information content (AvgIpc) is 3.17. The zero-order valence-corrected chi connectivity index (χ0v) is 18.9. The molecule has 3 N–H and O–H groups in total. The second kappa shape index (κ2) is 9.68. The highest BCUT2D eigenvalue weighted by molar-refractivity contribution is 5.99. The predicted octanol–water partition coefficient (Wildman–Crippen LogP) is 2.81. The summed E-state index contributed by atoms with van der Waals surface area (Å²) in [6.07, 6.45) is -0.340. The van der Waals surface area contributed by atoms with E-state index in [4.69, 9.17) is 14.2 Å². The van der Waals surface area contributed by atoms with Gasteiger partial charge in [0.1, 0.15) is 23.7 Å². The van der Waals surface area contributed by atoms with Crippen LogP contribution in [0, 0.1) is 0 Å². The van der Waals surface area contributed by atoms with Gasteiger partial charge in [-0.3, -0.25) is 4.79 Å². The van der Waals surface area contributed by atoms with Gasteiger partial charge < -0.3 is 34.9 Å². The number of hydrogen-bond donors (Lipinski definition) is 3. The lowest BCUT2D eigenvalue weighted by Gasteiger charge is -2.37. The number of aliphatic hydroxyl groups excluding tert-OH is 1. The summed E-state index contributed by atoms with van der Waals surface area (Å²) in [4.78, 5) is 26.2. The van der Waals surface area contributed by atoms with Crippen LogP contribution in [0.25, 0.3) is 0 Å². The summed E-state index contributed by atoms with van der Waals surface area (Å²) in [5.74, 6) is 1.34. The lowest BCUT2D eigenvalue weighted by atomic mass is 9.84. The van der Waals surface area contributed by atoms with Crippen LogP contribution in [0.4, 0.5) is 16.2 Å². The molecule has 2 aliphatic rings. The summed E-state index contributed by atoms with van der Waals surface area (Å²) >= 11 is 0. The van der Waals surface area contributed by atoms with Gasteiger partial charge in [0.25, 0.3) is 0 Å². The second-order valence-corrected chi connectivity index (χ2v) is 8.46. The van der Waals surface area contributed by atoms with E-state index in [0.29, 0.717) is 29.3 Å². The van der Waals surface area contributed by atoms with Gasteiger partial charge in [0.05, 0.1) is 26.2 Å². The summed E-state index contributed by atoms with van der Waals surface area (Å²) in [7, 11) is 5.00. The van der Waals surface area contributed by atoms with Crippen molar-refractivity contribution >= 4 is 23.3 Å². The Labute approximate surface area is 192 Å². The zero-order valence-electron chi connectivity index (χ0n) is 18.9. The molecule has 0 spiro atoms. The van der Waals surface area contributed by atoms with Gasteiger partial charge >= 0.3 is 6.03 Å². The summed E-state index contributed by atoms with van der Waals surface area (Å²) in [6.45, 7) is -0.197. The smallest absolute Gasteiger partial charge is 0.323 e. The molecule has 2 aromatic rings. The van der Waals surface area contributed by atoms with E-state index >= 15 is 0 Å². The van der Waals surface area contributed by atoms with Crippen molar-refractivity contribution < 1.29 is 28.9 Å². The predicted molar refractivity (Wildman–Crippen MR) is 123 cm³/mol. The number of rotatable bonds is 6. The number of nitrogens with zero attached hydrogens (tertiary/aromatic N) is 1. The number of carbonyl (C=O) groups excluding carboxylic acids is 2. The van der Waals surface area contributed by atoms with E-state index in [0.717, 1.165) is 5.56 Å². The molecule has 0 radical (unpaired) electrons. The first kappa shape index (κ1) is 22.9. The lowest BCUT2D eigenvalue weighted by molar-refractivity contribution is -0.147. The molecule has 33 heavy (non-hydrogen) atoms. The topological polar surface area (TPSA) is 109 Å². The fraction of sp³-hybridized carbons (Fsp3) is 0.417. The molecule has 1 fully saturated rings. The maximum absolute atomic E-state index is 12.5. The minimum atomic E-state index is -0.522. The molecule has 2 aliphatic heterocycles. The molecular formula is C24H29N3O6. The summed E-state index contributed by atoms with van der Waals surface area (Å²) in [5.41, 5.74) is 2.20. The molecule has 176 valence electrons. The van der Waals surface area contributed by atoms with Crippen LogP contribution in [0.3, 0.4) is 0 Å². The molecule has 0 aromatic heterocycles. The summed E-state index contributed by atoms with van der Waals surface area (Å²) in [6, 6.07) is 12.1. The van der Waals surface area contributed by atoms with E-state index in [2.05, 4.69) is 10.6 Å². The monoisotopic (exact) mass is 455 g/mol. The van der Waals surface area contributed by atoms with Gasteiger partial charge in [-0.05, 0) is 48.9 Å². The van der Waals surface area contributed by atoms with Crippen molar-refractivity contribution in [1.29, 1.82) is 0 Å². The molecule has 4 atom stereocenters.